The Labute approximate surface area is 144 Å². The number of pyridine rings is 1. The lowest BCUT2D eigenvalue weighted by atomic mass is 10.0. The first kappa shape index (κ1) is 14.1. The molecule has 0 aliphatic rings. The average molecular weight is 350 g/mol. The van der Waals surface area contributed by atoms with Gasteiger partial charge in [0, 0.05) is 27.2 Å². The van der Waals surface area contributed by atoms with Crippen LogP contribution >= 0.6 is 11.6 Å². The number of hydrogen-bond acceptors (Lipinski definition) is 4. The standard InChI is InChI=1S/C18H8ClN3O3/c19-9-4-6-13-15(8-9)21-17(20-13)11-3-1-2-10-14(22(24)25)7-5-12(16(10)11)18(21)23/h1-8H. The van der Waals surface area contributed by atoms with Crippen LogP contribution in [0.1, 0.15) is 0 Å². The van der Waals surface area contributed by atoms with Gasteiger partial charge in [-0.3, -0.25) is 19.3 Å². The first-order valence-electron chi connectivity index (χ1n) is 7.49. The summed E-state index contributed by atoms with van der Waals surface area (Å²) in [5.74, 6) is 0. The van der Waals surface area contributed by atoms with Gasteiger partial charge in [0.1, 0.15) is 5.65 Å². The highest BCUT2D eigenvalue weighted by atomic mass is 35.5. The van der Waals surface area contributed by atoms with E-state index in [1.54, 1.807) is 30.3 Å². The van der Waals surface area contributed by atoms with Gasteiger partial charge < -0.3 is 0 Å². The third-order valence-corrected chi connectivity index (χ3v) is 4.74. The number of imidazole rings is 1. The number of non-ortho nitro benzene ring substituents is 1. The molecular weight excluding hydrogens is 342 g/mol. The summed E-state index contributed by atoms with van der Waals surface area (Å²) in [6, 6.07) is 13.3. The van der Waals surface area contributed by atoms with Crippen molar-refractivity contribution in [2.75, 3.05) is 0 Å². The van der Waals surface area contributed by atoms with Crippen molar-refractivity contribution in [1.82, 2.24) is 9.38 Å². The van der Waals surface area contributed by atoms with Crippen molar-refractivity contribution in [3.63, 3.8) is 0 Å². The molecule has 2 heterocycles. The van der Waals surface area contributed by atoms with Gasteiger partial charge in [0.2, 0.25) is 0 Å². The van der Waals surface area contributed by atoms with Crippen LogP contribution in [-0.2, 0) is 0 Å². The molecule has 7 heteroatoms. The Hall–Kier alpha value is -3.25. The van der Waals surface area contributed by atoms with Crippen LogP contribution in [0.2, 0.25) is 5.02 Å². The number of nitrogens with zero attached hydrogens (tertiary/aromatic N) is 3. The first-order valence-corrected chi connectivity index (χ1v) is 7.87. The molecule has 0 saturated carbocycles. The Morgan fingerprint density at radius 2 is 1.84 bits per heavy atom. The number of hydrogen-bond donors (Lipinski definition) is 0. The molecule has 3 aromatic carbocycles. The lowest BCUT2D eigenvalue weighted by Crippen LogP contribution is -2.13. The molecule has 0 radical (unpaired) electrons. The molecule has 25 heavy (non-hydrogen) atoms. The highest BCUT2D eigenvalue weighted by molar-refractivity contribution is 6.31. The van der Waals surface area contributed by atoms with Crippen LogP contribution in [0, 0.1) is 10.1 Å². The summed E-state index contributed by atoms with van der Waals surface area (Å²) in [6.07, 6.45) is 0. The Bertz CT molecular complexity index is 1410. The van der Waals surface area contributed by atoms with Crippen LogP contribution in [0.5, 0.6) is 0 Å². The second-order valence-corrected chi connectivity index (χ2v) is 6.26. The van der Waals surface area contributed by atoms with Crippen LogP contribution in [0.4, 0.5) is 5.69 Å². The zero-order chi connectivity index (χ0) is 17.3. The third-order valence-electron chi connectivity index (χ3n) is 4.51. The van der Waals surface area contributed by atoms with Gasteiger partial charge >= 0.3 is 0 Å². The van der Waals surface area contributed by atoms with Crippen LogP contribution in [0.25, 0.3) is 38.2 Å². The van der Waals surface area contributed by atoms with Gasteiger partial charge in [0.15, 0.2) is 0 Å². The van der Waals surface area contributed by atoms with Crippen LogP contribution in [0.3, 0.4) is 0 Å². The third kappa shape index (κ3) is 1.74. The maximum atomic E-state index is 13.1. The van der Waals surface area contributed by atoms with Gasteiger partial charge in [0.05, 0.1) is 21.3 Å². The molecule has 0 amide bonds. The van der Waals surface area contributed by atoms with Gasteiger partial charge in [-0.15, -0.1) is 0 Å². The lowest BCUT2D eigenvalue weighted by molar-refractivity contribution is -0.383. The number of aromatic nitrogens is 2. The second kappa shape index (κ2) is 4.64. The monoisotopic (exact) mass is 349 g/mol. The van der Waals surface area contributed by atoms with E-state index >= 15 is 0 Å². The van der Waals surface area contributed by atoms with Crippen molar-refractivity contribution in [3.8, 4) is 0 Å². The van der Waals surface area contributed by atoms with Gasteiger partial charge in [-0.25, -0.2) is 4.98 Å². The molecule has 5 rings (SSSR count). The fourth-order valence-corrected chi connectivity index (χ4v) is 3.64. The van der Waals surface area contributed by atoms with E-state index in [-0.39, 0.29) is 11.2 Å². The summed E-state index contributed by atoms with van der Waals surface area (Å²) in [4.78, 5) is 28.5. The summed E-state index contributed by atoms with van der Waals surface area (Å²) >= 11 is 6.08. The van der Waals surface area contributed by atoms with Gasteiger partial charge in [0.25, 0.3) is 11.2 Å². The average Bonchev–Trinajstić information content (AvgIpc) is 2.97. The van der Waals surface area contributed by atoms with E-state index in [1.807, 2.05) is 6.07 Å². The van der Waals surface area contributed by atoms with Gasteiger partial charge in [-0.2, -0.15) is 0 Å². The number of rotatable bonds is 1. The molecule has 0 atom stereocenters. The first-order chi connectivity index (χ1) is 12.1. The minimum Gasteiger partial charge on any atom is -0.268 e. The molecule has 0 saturated heterocycles. The van der Waals surface area contributed by atoms with Crippen molar-refractivity contribution >= 4 is 55.5 Å². The van der Waals surface area contributed by atoms with Gasteiger partial charge in [-0.1, -0.05) is 23.7 Å². The van der Waals surface area contributed by atoms with Crippen molar-refractivity contribution in [3.05, 3.63) is 74.0 Å². The fourth-order valence-electron chi connectivity index (χ4n) is 3.47. The molecule has 5 aromatic rings. The summed E-state index contributed by atoms with van der Waals surface area (Å²) in [5.41, 5.74) is 1.45. The molecule has 0 aliphatic heterocycles. The Morgan fingerprint density at radius 3 is 2.64 bits per heavy atom. The second-order valence-electron chi connectivity index (χ2n) is 5.83. The topological polar surface area (TPSA) is 77.5 Å². The highest BCUT2D eigenvalue weighted by Gasteiger charge is 2.20. The van der Waals surface area contributed by atoms with Gasteiger partial charge in [-0.05, 0) is 30.3 Å². The molecule has 0 aliphatic carbocycles. The predicted molar refractivity (Wildman–Crippen MR) is 96.8 cm³/mol. The van der Waals surface area contributed by atoms with Crippen LogP contribution in [0.15, 0.2) is 53.3 Å². The molecule has 0 bridgehead atoms. The van der Waals surface area contributed by atoms with E-state index in [9.17, 15) is 14.9 Å². The number of nitro groups is 1. The summed E-state index contributed by atoms with van der Waals surface area (Å²) in [7, 11) is 0. The molecule has 120 valence electrons. The number of halogens is 1. The smallest absolute Gasteiger partial charge is 0.268 e. The lowest BCUT2D eigenvalue weighted by Gasteiger charge is -2.07. The molecule has 2 aromatic heterocycles. The predicted octanol–water partition coefficient (Wildman–Crippen LogP) is 4.15. The Balaban J connectivity index is 2.15. The van der Waals surface area contributed by atoms with E-state index < -0.39 is 4.92 Å². The molecular formula is C18H8ClN3O3. The minimum absolute atomic E-state index is 0.0268. The highest BCUT2D eigenvalue weighted by Crippen LogP contribution is 2.34. The molecule has 0 spiro atoms. The van der Waals surface area contributed by atoms with E-state index in [1.165, 1.54) is 16.5 Å². The van der Waals surface area contributed by atoms with Crippen molar-refractivity contribution in [1.29, 1.82) is 0 Å². The van der Waals surface area contributed by atoms with Crippen molar-refractivity contribution in [2.45, 2.75) is 0 Å². The fraction of sp³-hybridized carbons (Fsp3) is 0. The number of fused-ring (bicyclic) bond motifs is 4. The SMILES string of the molecule is O=c1c2ccc([N+](=O)[O-])c3cccc(c32)c2nc3ccc(Cl)cc3n12. The molecule has 0 fully saturated rings. The Morgan fingerprint density at radius 1 is 1.04 bits per heavy atom. The van der Waals surface area contributed by atoms with Crippen molar-refractivity contribution in [2.24, 2.45) is 0 Å². The largest absolute Gasteiger partial charge is 0.277 e. The summed E-state index contributed by atoms with van der Waals surface area (Å²) < 4.78 is 1.52. The number of nitro benzene ring substituents is 1. The van der Waals surface area contributed by atoms with Crippen LogP contribution in [-0.4, -0.2) is 14.3 Å². The summed E-state index contributed by atoms with van der Waals surface area (Å²) in [6.45, 7) is 0. The maximum Gasteiger partial charge on any atom is 0.277 e. The molecule has 6 nitrogen and oxygen atoms in total. The normalized spacial score (nSPS) is 11.9. The zero-order valence-electron chi connectivity index (χ0n) is 12.6. The minimum atomic E-state index is -0.440. The van der Waals surface area contributed by atoms with E-state index in [0.29, 0.717) is 43.2 Å². The molecule has 0 N–H and O–H groups in total. The van der Waals surface area contributed by atoms with Crippen LogP contribution < -0.4 is 5.56 Å². The summed E-state index contributed by atoms with van der Waals surface area (Å²) in [5, 5.41) is 14.0. The van der Waals surface area contributed by atoms with Crippen molar-refractivity contribution < 1.29 is 4.92 Å². The van der Waals surface area contributed by atoms with E-state index in [4.69, 9.17) is 11.6 Å². The van der Waals surface area contributed by atoms with E-state index in [0.717, 1.165) is 0 Å². The molecule has 0 unspecified atom stereocenters. The zero-order valence-corrected chi connectivity index (χ0v) is 13.3. The Kier molecular flexibility index (Phi) is 2.62. The van der Waals surface area contributed by atoms with E-state index in [2.05, 4.69) is 4.98 Å². The quantitative estimate of drug-likeness (QED) is 0.336. The number of benzene rings is 3. The maximum absolute atomic E-state index is 13.1.